The Morgan fingerprint density at radius 3 is 2.51 bits per heavy atom. The molecule has 7 nitrogen and oxygen atoms in total. The van der Waals surface area contributed by atoms with Crippen LogP contribution < -0.4 is 5.32 Å². The predicted octanol–water partition coefficient (Wildman–Crippen LogP) is 6.59. The third kappa shape index (κ3) is 5.64. The van der Waals surface area contributed by atoms with Gasteiger partial charge in [0.05, 0.1) is 23.6 Å². The smallest absolute Gasteiger partial charge is 0.341 e. The molecule has 0 aliphatic rings. The van der Waals surface area contributed by atoms with Gasteiger partial charge in [-0.25, -0.2) is 9.48 Å². The lowest BCUT2D eigenvalue weighted by atomic mass is 10.1. The number of hydrogen-bond acceptors (Lipinski definition) is 6. The maximum Gasteiger partial charge on any atom is 0.341 e. The van der Waals surface area contributed by atoms with Crippen molar-refractivity contribution < 1.29 is 14.3 Å². The van der Waals surface area contributed by atoms with E-state index in [-0.39, 0.29) is 12.2 Å². The number of carbonyl (C=O) groups is 2. The number of esters is 1. The van der Waals surface area contributed by atoms with Crippen molar-refractivity contribution in [2.75, 3.05) is 11.9 Å². The lowest BCUT2D eigenvalue weighted by Gasteiger charge is -2.07. The molecule has 0 atom stereocenters. The average molecular weight is 531 g/mol. The van der Waals surface area contributed by atoms with Gasteiger partial charge in [0.25, 0.3) is 5.91 Å². The molecule has 0 spiro atoms. The molecule has 4 rings (SSSR count). The molecular formula is C28H23ClN4O3S. The molecule has 9 heteroatoms. The molecule has 0 saturated heterocycles. The Morgan fingerprint density at radius 2 is 1.86 bits per heavy atom. The zero-order chi connectivity index (χ0) is 26.5. The van der Waals surface area contributed by atoms with E-state index in [4.69, 9.17) is 21.4 Å². The van der Waals surface area contributed by atoms with E-state index in [1.165, 1.54) is 17.4 Å². The van der Waals surface area contributed by atoms with Gasteiger partial charge in [-0.2, -0.15) is 10.4 Å². The fourth-order valence-corrected chi connectivity index (χ4v) is 4.85. The van der Waals surface area contributed by atoms with Crippen molar-refractivity contribution in [2.45, 2.75) is 20.8 Å². The fourth-order valence-electron chi connectivity index (χ4n) is 3.68. The average Bonchev–Trinajstić information content (AvgIpc) is 3.43. The molecule has 0 unspecified atom stereocenters. The van der Waals surface area contributed by atoms with Crippen LogP contribution in [-0.2, 0) is 9.53 Å². The van der Waals surface area contributed by atoms with E-state index in [1.807, 2.05) is 55.5 Å². The fraction of sp³-hybridized carbons (Fsp3) is 0.143. The number of benzene rings is 2. The summed E-state index contributed by atoms with van der Waals surface area (Å²) >= 11 is 7.33. The number of rotatable bonds is 7. The van der Waals surface area contributed by atoms with Crippen LogP contribution in [0, 0.1) is 25.2 Å². The summed E-state index contributed by atoms with van der Waals surface area (Å²) in [6.45, 7) is 5.58. The highest BCUT2D eigenvalue weighted by atomic mass is 35.5. The zero-order valence-electron chi connectivity index (χ0n) is 20.4. The molecule has 186 valence electrons. The molecule has 0 aliphatic carbocycles. The number of nitriles is 1. The van der Waals surface area contributed by atoms with Gasteiger partial charge in [-0.05, 0) is 56.7 Å². The number of nitrogens with one attached hydrogen (secondary N) is 1. The first-order valence-corrected chi connectivity index (χ1v) is 12.6. The molecule has 0 aliphatic heterocycles. The number of thiophene rings is 1. The number of para-hydroxylation sites is 1. The molecule has 1 N–H and O–H groups in total. The maximum absolute atomic E-state index is 13.2. The van der Waals surface area contributed by atoms with Crippen LogP contribution in [0.5, 0.6) is 0 Å². The number of aryl methyl sites for hydroxylation is 1. The number of anilines is 1. The van der Waals surface area contributed by atoms with Gasteiger partial charge in [-0.15, -0.1) is 11.3 Å². The first-order chi connectivity index (χ1) is 17.8. The quantitative estimate of drug-likeness (QED) is 0.165. The molecule has 0 bridgehead atoms. The number of amides is 1. The summed E-state index contributed by atoms with van der Waals surface area (Å²) in [5, 5.41) is 18.2. The lowest BCUT2D eigenvalue weighted by Crippen LogP contribution is -2.16. The van der Waals surface area contributed by atoms with Crippen LogP contribution in [0.3, 0.4) is 0 Å². The topological polar surface area (TPSA) is 97.0 Å². The molecule has 2 aromatic carbocycles. The molecule has 37 heavy (non-hydrogen) atoms. The number of hydrogen-bond donors (Lipinski definition) is 1. The highest BCUT2D eigenvalue weighted by Gasteiger charge is 2.23. The number of aromatic nitrogens is 2. The van der Waals surface area contributed by atoms with Gasteiger partial charge < -0.3 is 10.1 Å². The first kappa shape index (κ1) is 25.9. The summed E-state index contributed by atoms with van der Waals surface area (Å²) in [6, 6.07) is 18.7. The van der Waals surface area contributed by atoms with Gasteiger partial charge in [-0.3, -0.25) is 4.79 Å². The largest absolute Gasteiger partial charge is 0.462 e. The summed E-state index contributed by atoms with van der Waals surface area (Å²) < 4.78 is 6.85. The number of nitrogens with zero attached hydrogens (tertiary/aromatic N) is 3. The maximum atomic E-state index is 13.2. The van der Waals surface area contributed by atoms with Crippen molar-refractivity contribution in [3.8, 4) is 23.0 Å². The van der Waals surface area contributed by atoms with E-state index in [0.717, 1.165) is 21.7 Å². The van der Waals surface area contributed by atoms with E-state index in [1.54, 1.807) is 36.9 Å². The predicted molar refractivity (Wildman–Crippen MR) is 146 cm³/mol. The Kier molecular flexibility index (Phi) is 7.87. The van der Waals surface area contributed by atoms with E-state index in [9.17, 15) is 14.9 Å². The zero-order valence-corrected chi connectivity index (χ0v) is 22.0. The van der Waals surface area contributed by atoms with Crippen LogP contribution in [0.25, 0.3) is 23.0 Å². The second-order valence-corrected chi connectivity index (χ2v) is 9.71. The SMILES string of the molecule is CCOC(=O)c1c(NC(=O)/C(C#N)=C/c2cn(-c3ccccc3)nc2-c2ccc(Cl)cc2)sc(C)c1C. The lowest BCUT2D eigenvalue weighted by molar-refractivity contribution is -0.112. The van der Waals surface area contributed by atoms with Gasteiger partial charge in [-0.1, -0.05) is 41.9 Å². The molecule has 2 heterocycles. The number of carbonyl (C=O) groups excluding carboxylic acids is 2. The molecular weight excluding hydrogens is 508 g/mol. The standard InChI is InChI=1S/C28H23ClN4O3S/c1-4-36-28(35)24-17(2)18(3)37-27(24)31-26(34)20(15-30)14-21-16-33(23-8-6-5-7-9-23)32-25(21)19-10-12-22(29)13-11-19/h5-14,16H,4H2,1-3H3,(H,31,34)/b20-14+. The minimum Gasteiger partial charge on any atom is -0.462 e. The van der Waals surface area contributed by atoms with Crippen molar-refractivity contribution in [3.05, 3.63) is 93.0 Å². The van der Waals surface area contributed by atoms with Crippen LogP contribution in [0.4, 0.5) is 5.00 Å². The Morgan fingerprint density at radius 1 is 1.16 bits per heavy atom. The molecule has 2 aromatic heterocycles. The van der Waals surface area contributed by atoms with Crippen molar-refractivity contribution in [3.63, 3.8) is 0 Å². The normalized spacial score (nSPS) is 11.2. The van der Waals surface area contributed by atoms with Crippen molar-refractivity contribution in [2.24, 2.45) is 0 Å². The summed E-state index contributed by atoms with van der Waals surface area (Å²) in [5.41, 5.74) is 3.64. The van der Waals surface area contributed by atoms with E-state index in [0.29, 0.717) is 26.8 Å². The van der Waals surface area contributed by atoms with Crippen molar-refractivity contribution >= 4 is 45.9 Å². The second-order valence-electron chi connectivity index (χ2n) is 8.05. The third-order valence-electron chi connectivity index (χ3n) is 5.64. The van der Waals surface area contributed by atoms with Gasteiger partial charge in [0.15, 0.2) is 0 Å². The first-order valence-electron chi connectivity index (χ1n) is 11.4. The minimum atomic E-state index is -0.635. The van der Waals surface area contributed by atoms with Crippen LogP contribution in [0.2, 0.25) is 5.02 Å². The van der Waals surface area contributed by atoms with Crippen molar-refractivity contribution in [1.29, 1.82) is 5.26 Å². The second kappa shape index (κ2) is 11.2. The summed E-state index contributed by atoms with van der Waals surface area (Å²) in [5.74, 6) is -1.15. The highest BCUT2D eigenvalue weighted by molar-refractivity contribution is 7.16. The van der Waals surface area contributed by atoms with Gasteiger partial charge in [0.1, 0.15) is 16.6 Å². The third-order valence-corrected chi connectivity index (χ3v) is 7.01. The summed E-state index contributed by atoms with van der Waals surface area (Å²) in [4.78, 5) is 26.6. The Balaban J connectivity index is 1.74. The van der Waals surface area contributed by atoms with E-state index < -0.39 is 11.9 Å². The van der Waals surface area contributed by atoms with Crippen LogP contribution in [0.15, 0.2) is 66.4 Å². The van der Waals surface area contributed by atoms with E-state index >= 15 is 0 Å². The Labute approximate surface area is 223 Å². The van der Waals surface area contributed by atoms with Gasteiger partial charge in [0, 0.05) is 27.2 Å². The van der Waals surface area contributed by atoms with Gasteiger partial charge >= 0.3 is 5.97 Å². The number of halogens is 1. The van der Waals surface area contributed by atoms with Gasteiger partial charge in [0.2, 0.25) is 0 Å². The van der Waals surface area contributed by atoms with Crippen LogP contribution in [-0.4, -0.2) is 28.3 Å². The monoisotopic (exact) mass is 530 g/mol. The number of ether oxygens (including phenoxy) is 1. The molecule has 0 radical (unpaired) electrons. The van der Waals surface area contributed by atoms with Crippen LogP contribution >= 0.6 is 22.9 Å². The molecule has 1 amide bonds. The molecule has 4 aromatic rings. The molecule has 0 saturated carbocycles. The molecule has 0 fully saturated rings. The Hall–Kier alpha value is -4.19. The minimum absolute atomic E-state index is 0.138. The summed E-state index contributed by atoms with van der Waals surface area (Å²) in [7, 11) is 0. The van der Waals surface area contributed by atoms with E-state index in [2.05, 4.69) is 5.32 Å². The van der Waals surface area contributed by atoms with Crippen LogP contribution in [0.1, 0.15) is 33.3 Å². The summed E-state index contributed by atoms with van der Waals surface area (Å²) in [6.07, 6.45) is 3.25. The highest BCUT2D eigenvalue weighted by Crippen LogP contribution is 2.34. The van der Waals surface area contributed by atoms with Crippen molar-refractivity contribution in [1.82, 2.24) is 9.78 Å². The Bertz CT molecular complexity index is 1530.